The van der Waals surface area contributed by atoms with Crippen LogP contribution in [-0.4, -0.2) is 38.5 Å². The van der Waals surface area contributed by atoms with Crippen LogP contribution in [0.2, 0.25) is 0 Å². The molecule has 1 saturated heterocycles. The third-order valence-electron chi connectivity index (χ3n) is 3.18. The highest BCUT2D eigenvalue weighted by Crippen LogP contribution is 2.21. The van der Waals surface area contributed by atoms with E-state index in [0.29, 0.717) is 0 Å². The Balaban J connectivity index is 1.68. The van der Waals surface area contributed by atoms with Gasteiger partial charge in [0.05, 0.1) is 17.0 Å². The highest BCUT2D eigenvalue weighted by atomic mass is 16.3. The number of hydrogen-bond acceptors (Lipinski definition) is 3. The Labute approximate surface area is 106 Å². The van der Waals surface area contributed by atoms with Crippen LogP contribution in [-0.2, 0) is 6.54 Å². The van der Waals surface area contributed by atoms with Crippen LogP contribution in [0, 0.1) is 0 Å². The van der Waals surface area contributed by atoms with Gasteiger partial charge in [0.2, 0.25) is 0 Å². The van der Waals surface area contributed by atoms with Crippen LogP contribution in [0.25, 0.3) is 5.69 Å². The average molecular weight is 243 g/mol. The molecule has 0 radical (unpaired) electrons. The molecule has 4 heteroatoms. The van der Waals surface area contributed by atoms with Crippen molar-refractivity contribution in [3.8, 4) is 5.69 Å². The summed E-state index contributed by atoms with van der Waals surface area (Å²) in [4.78, 5) is 2.19. The van der Waals surface area contributed by atoms with Crippen LogP contribution in [0.4, 0.5) is 0 Å². The molecule has 0 bridgehead atoms. The number of rotatable bonds is 3. The molecule has 1 fully saturated rings. The maximum atomic E-state index is 9.68. The quantitative estimate of drug-likeness (QED) is 0.887. The van der Waals surface area contributed by atoms with Gasteiger partial charge in [-0.25, -0.2) is 4.68 Å². The van der Waals surface area contributed by atoms with E-state index in [-0.39, 0.29) is 0 Å². The van der Waals surface area contributed by atoms with Gasteiger partial charge in [0, 0.05) is 25.8 Å². The minimum atomic E-state index is -0.512. The minimum absolute atomic E-state index is 0.512. The van der Waals surface area contributed by atoms with E-state index < -0.39 is 5.60 Å². The molecule has 1 N–H and O–H groups in total. The molecule has 0 unspecified atom stereocenters. The van der Waals surface area contributed by atoms with Gasteiger partial charge in [-0.2, -0.15) is 5.10 Å². The van der Waals surface area contributed by atoms with Crippen molar-refractivity contribution in [2.75, 3.05) is 13.1 Å². The third-order valence-corrected chi connectivity index (χ3v) is 3.18. The number of nitrogens with zero attached hydrogens (tertiary/aromatic N) is 3. The van der Waals surface area contributed by atoms with Crippen molar-refractivity contribution in [2.45, 2.75) is 19.1 Å². The zero-order chi connectivity index (χ0) is 12.6. The van der Waals surface area contributed by atoms with Crippen molar-refractivity contribution in [1.29, 1.82) is 0 Å². The summed E-state index contributed by atoms with van der Waals surface area (Å²) in [5.41, 5.74) is 1.59. The Bertz CT molecular complexity index is 525. The number of benzene rings is 1. The highest BCUT2D eigenvalue weighted by Gasteiger charge is 2.36. The van der Waals surface area contributed by atoms with Gasteiger partial charge in [-0.1, -0.05) is 18.2 Å². The van der Waals surface area contributed by atoms with Crippen molar-refractivity contribution in [3.05, 3.63) is 48.3 Å². The second kappa shape index (κ2) is 4.23. The first-order valence-electron chi connectivity index (χ1n) is 6.17. The zero-order valence-electron chi connectivity index (χ0n) is 10.5. The summed E-state index contributed by atoms with van der Waals surface area (Å²) in [5, 5.41) is 14.2. The molecule has 0 spiro atoms. The fourth-order valence-corrected chi connectivity index (χ4v) is 2.43. The molecule has 0 atom stereocenters. The van der Waals surface area contributed by atoms with Crippen molar-refractivity contribution in [2.24, 2.45) is 0 Å². The number of likely N-dealkylation sites (tertiary alicyclic amines) is 1. The second-order valence-corrected chi connectivity index (χ2v) is 5.23. The van der Waals surface area contributed by atoms with Crippen LogP contribution in [0.15, 0.2) is 42.6 Å². The Kier molecular flexibility index (Phi) is 2.69. The molecule has 2 heterocycles. The zero-order valence-corrected chi connectivity index (χ0v) is 10.5. The predicted octanol–water partition coefficient (Wildman–Crippen LogP) is 1.44. The molecule has 0 aliphatic carbocycles. The lowest BCUT2D eigenvalue weighted by molar-refractivity contribution is -0.0875. The lowest BCUT2D eigenvalue weighted by Gasteiger charge is -2.43. The molecule has 94 valence electrons. The Morgan fingerprint density at radius 3 is 2.61 bits per heavy atom. The van der Waals surface area contributed by atoms with E-state index in [1.54, 1.807) is 0 Å². The van der Waals surface area contributed by atoms with Gasteiger partial charge in [0.15, 0.2) is 0 Å². The van der Waals surface area contributed by atoms with E-state index in [4.69, 9.17) is 0 Å². The third kappa shape index (κ3) is 2.30. The first-order valence-corrected chi connectivity index (χ1v) is 6.17. The van der Waals surface area contributed by atoms with E-state index in [1.165, 1.54) is 0 Å². The van der Waals surface area contributed by atoms with Gasteiger partial charge >= 0.3 is 0 Å². The maximum Gasteiger partial charge on any atom is 0.0872 e. The van der Waals surface area contributed by atoms with Crippen molar-refractivity contribution >= 4 is 0 Å². The van der Waals surface area contributed by atoms with E-state index in [0.717, 1.165) is 31.0 Å². The normalized spacial score (nSPS) is 18.6. The number of aliphatic hydroxyl groups is 1. The predicted molar refractivity (Wildman–Crippen MR) is 69.5 cm³/mol. The Morgan fingerprint density at radius 1 is 1.22 bits per heavy atom. The smallest absolute Gasteiger partial charge is 0.0872 e. The summed E-state index contributed by atoms with van der Waals surface area (Å²) in [6.45, 7) is 4.12. The van der Waals surface area contributed by atoms with Crippen LogP contribution >= 0.6 is 0 Å². The van der Waals surface area contributed by atoms with Crippen molar-refractivity contribution in [1.82, 2.24) is 14.7 Å². The molecule has 1 aromatic carbocycles. The van der Waals surface area contributed by atoms with Gasteiger partial charge in [0.1, 0.15) is 0 Å². The first-order chi connectivity index (χ1) is 8.62. The SMILES string of the molecule is CC1(O)CN(Cc2ccn(-c3ccccc3)n2)C1. The summed E-state index contributed by atoms with van der Waals surface area (Å²) in [7, 11) is 0. The Hall–Kier alpha value is -1.65. The molecule has 2 aromatic rings. The molecule has 1 aliphatic rings. The summed E-state index contributed by atoms with van der Waals surface area (Å²) in [5.74, 6) is 0. The standard InChI is InChI=1S/C14H17N3O/c1-14(18)10-16(11-14)9-12-7-8-17(15-12)13-5-3-2-4-6-13/h2-8,18H,9-11H2,1H3. The lowest BCUT2D eigenvalue weighted by Crippen LogP contribution is -2.59. The summed E-state index contributed by atoms with van der Waals surface area (Å²) >= 11 is 0. The van der Waals surface area contributed by atoms with Crippen molar-refractivity contribution in [3.63, 3.8) is 0 Å². The monoisotopic (exact) mass is 243 g/mol. The van der Waals surface area contributed by atoms with Crippen LogP contribution < -0.4 is 0 Å². The number of aromatic nitrogens is 2. The fraction of sp³-hybridized carbons (Fsp3) is 0.357. The van der Waals surface area contributed by atoms with Crippen LogP contribution in [0.1, 0.15) is 12.6 Å². The van der Waals surface area contributed by atoms with Gasteiger partial charge < -0.3 is 5.11 Å². The molecule has 0 saturated carbocycles. The van der Waals surface area contributed by atoms with Crippen molar-refractivity contribution < 1.29 is 5.11 Å². The maximum absolute atomic E-state index is 9.68. The number of para-hydroxylation sites is 1. The van der Waals surface area contributed by atoms with Gasteiger partial charge in [-0.05, 0) is 25.1 Å². The molecule has 0 amide bonds. The van der Waals surface area contributed by atoms with E-state index in [1.807, 2.05) is 54.2 Å². The van der Waals surface area contributed by atoms with E-state index in [9.17, 15) is 5.11 Å². The van der Waals surface area contributed by atoms with Crippen LogP contribution in [0.3, 0.4) is 0 Å². The molecule has 18 heavy (non-hydrogen) atoms. The summed E-state index contributed by atoms with van der Waals surface area (Å²) in [6, 6.07) is 12.1. The lowest BCUT2D eigenvalue weighted by atomic mass is 9.97. The Morgan fingerprint density at radius 2 is 1.94 bits per heavy atom. The van der Waals surface area contributed by atoms with Gasteiger partial charge in [-0.15, -0.1) is 0 Å². The van der Waals surface area contributed by atoms with E-state index in [2.05, 4.69) is 10.00 Å². The number of hydrogen-bond donors (Lipinski definition) is 1. The van der Waals surface area contributed by atoms with Gasteiger partial charge in [-0.3, -0.25) is 4.90 Å². The first kappa shape index (κ1) is 11.4. The molecule has 4 nitrogen and oxygen atoms in total. The minimum Gasteiger partial charge on any atom is -0.388 e. The molecule has 3 rings (SSSR count). The topological polar surface area (TPSA) is 41.3 Å². The fourth-order valence-electron chi connectivity index (χ4n) is 2.43. The number of β-amino-alcohol motifs (C(OH)–C–C–N with tert-alkyl or cyclic N) is 1. The summed E-state index contributed by atoms with van der Waals surface area (Å²) in [6.07, 6.45) is 1.97. The molecular weight excluding hydrogens is 226 g/mol. The molecular formula is C14H17N3O. The van der Waals surface area contributed by atoms with E-state index >= 15 is 0 Å². The van der Waals surface area contributed by atoms with Gasteiger partial charge in [0.25, 0.3) is 0 Å². The highest BCUT2D eigenvalue weighted by molar-refractivity contribution is 5.30. The molecule has 1 aromatic heterocycles. The van der Waals surface area contributed by atoms with Crippen LogP contribution in [0.5, 0.6) is 0 Å². The second-order valence-electron chi connectivity index (χ2n) is 5.23. The summed E-state index contributed by atoms with van der Waals surface area (Å²) < 4.78 is 1.88. The average Bonchev–Trinajstić information content (AvgIpc) is 2.76. The molecule has 1 aliphatic heterocycles. The largest absolute Gasteiger partial charge is 0.388 e.